The van der Waals surface area contributed by atoms with Gasteiger partial charge in [0.1, 0.15) is 0 Å². The van der Waals surface area contributed by atoms with Crippen molar-refractivity contribution in [2.75, 3.05) is 0 Å². The maximum absolute atomic E-state index is 10.9. The van der Waals surface area contributed by atoms with Gasteiger partial charge in [-0.2, -0.15) is 0 Å². The van der Waals surface area contributed by atoms with Crippen LogP contribution in [0.15, 0.2) is 33.4 Å². The van der Waals surface area contributed by atoms with Crippen LogP contribution in [0.5, 0.6) is 0 Å². The Kier molecular flexibility index (Phi) is 4.94. The monoisotopic (exact) mass is 345 g/mol. The second-order valence-corrected chi connectivity index (χ2v) is 6.57. The van der Waals surface area contributed by atoms with Crippen molar-refractivity contribution in [3.63, 3.8) is 0 Å². The van der Waals surface area contributed by atoms with Gasteiger partial charge >= 0.3 is 5.97 Å². The number of carbonyl (C=O) groups is 1. The third-order valence-electron chi connectivity index (χ3n) is 2.47. The van der Waals surface area contributed by atoms with Gasteiger partial charge in [-0.3, -0.25) is 4.79 Å². The van der Waals surface area contributed by atoms with Gasteiger partial charge in [-0.1, -0.05) is 6.07 Å². The normalized spacial score (nSPS) is 12.5. The standard InChI is InChI=1S/C12H12BrNO2S2/c13-8-3-5-18-11(8)7-14-9(6-12(15)16)10-2-1-4-17-10/h1-5,9,14H,6-7H2,(H,15,16). The Hall–Kier alpha value is -0.690. The Balaban J connectivity index is 2.02. The summed E-state index contributed by atoms with van der Waals surface area (Å²) in [5, 5.41) is 16.2. The van der Waals surface area contributed by atoms with Gasteiger partial charge in [-0.25, -0.2) is 0 Å². The fourth-order valence-corrected chi connectivity index (χ4v) is 3.85. The van der Waals surface area contributed by atoms with Gasteiger partial charge in [0.25, 0.3) is 0 Å². The van der Waals surface area contributed by atoms with E-state index in [1.54, 1.807) is 22.7 Å². The first-order valence-corrected chi connectivity index (χ1v) is 7.92. The number of hydrogen-bond acceptors (Lipinski definition) is 4. The highest BCUT2D eigenvalue weighted by molar-refractivity contribution is 9.10. The molecule has 6 heteroatoms. The lowest BCUT2D eigenvalue weighted by atomic mass is 10.1. The van der Waals surface area contributed by atoms with Gasteiger partial charge in [0.05, 0.1) is 12.5 Å². The zero-order valence-electron chi connectivity index (χ0n) is 9.43. The van der Waals surface area contributed by atoms with Gasteiger partial charge in [-0.05, 0) is 38.8 Å². The molecule has 2 heterocycles. The van der Waals surface area contributed by atoms with E-state index in [0.717, 1.165) is 9.35 Å². The smallest absolute Gasteiger partial charge is 0.305 e. The van der Waals surface area contributed by atoms with Gasteiger partial charge in [0, 0.05) is 20.8 Å². The Morgan fingerprint density at radius 3 is 2.78 bits per heavy atom. The van der Waals surface area contributed by atoms with E-state index in [9.17, 15) is 4.79 Å². The van der Waals surface area contributed by atoms with Crippen LogP contribution in [0.1, 0.15) is 22.2 Å². The highest BCUT2D eigenvalue weighted by Crippen LogP contribution is 2.26. The fraction of sp³-hybridized carbons (Fsp3) is 0.250. The Bertz CT molecular complexity index is 510. The molecule has 0 fully saturated rings. The minimum absolute atomic E-state index is 0.101. The summed E-state index contributed by atoms with van der Waals surface area (Å²) in [5.74, 6) is -0.786. The number of halogens is 1. The molecule has 1 unspecified atom stereocenters. The average Bonchev–Trinajstić information content (AvgIpc) is 2.95. The van der Waals surface area contributed by atoms with Crippen molar-refractivity contribution in [3.05, 3.63) is 43.2 Å². The van der Waals surface area contributed by atoms with Crippen LogP contribution in [-0.4, -0.2) is 11.1 Å². The Labute approximate surface area is 122 Å². The number of carboxylic acid groups (broad SMARTS) is 1. The van der Waals surface area contributed by atoms with Gasteiger partial charge in [0.2, 0.25) is 0 Å². The third-order valence-corrected chi connectivity index (χ3v) is 5.38. The molecule has 0 radical (unpaired) electrons. The van der Waals surface area contributed by atoms with Gasteiger partial charge in [-0.15, -0.1) is 22.7 Å². The molecule has 0 amide bonds. The number of aliphatic carboxylic acids is 1. The second-order valence-electron chi connectivity index (χ2n) is 3.74. The minimum Gasteiger partial charge on any atom is -0.481 e. The summed E-state index contributed by atoms with van der Waals surface area (Å²) in [5.41, 5.74) is 0. The van der Waals surface area contributed by atoms with Crippen LogP contribution in [0.4, 0.5) is 0 Å². The molecule has 1 atom stereocenters. The number of hydrogen-bond donors (Lipinski definition) is 2. The number of nitrogens with one attached hydrogen (secondary N) is 1. The van der Waals surface area contributed by atoms with E-state index in [0.29, 0.717) is 6.54 Å². The predicted molar refractivity (Wildman–Crippen MR) is 78.2 cm³/mol. The predicted octanol–water partition coefficient (Wildman–Crippen LogP) is 3.88. The van der Waals surface area contributed by atoms with E-state index >= 15 is 0 Å². The number of thiophene rings is 2. The first-order valence-electron chi connectivity index (χ1n) is 5.37. The van der Waals surface area contributed by atoms with Crippen LogP contribution in [0.3, 0.4) is 0 Å². The van der Waals surface area contributed by atoms with Crippen LogP contribution in [0, 0.1) is 0 Å². The zero-order chi connectivity index (χ0) is 13.0. The molecule has 0 bridgehead atoms. The topological polar surface area (TPSA) is 49.3 Å². The van der Waals surface area contributed by atoms with Crippen molar-refractivity contribution < 1.29 is 9.90 Å². The molecule has 0 spiro atoms. The summed E-state index contributed by atoms with van der Waals surface area (Å²) in [6.45, 7) is 0.675. The molecule has 0 saturated heterocycles. The van der Waals surface area contributed by atoms with E-state index in [-0.39, 0.29) is 12.5 Å². The lowest BCUT2D eigenvalue weighted by molar-refractivity contribution is -0.137. The highest BCUT2D eigenvalue weighted by Gasteiger charge is 2.16. The van der Waals surface area contributed by atoms with Crippen molar-refractivity contribution >= 4 is 44.6 Å². The van der Waals surface area contributed by atoms with E-state index in [2.05, 4.69) is 21.2 Å². The van der Waals surface area contributed by atoms with Crippen molar-refractivity contribution in [1.29, 1.82) is 0 Å². The summed E-state index contributed by atoms with van der Waals surface area (Å²) < 4.78 is 1.07. The summed E-state index contributed by atoms with van der Waals surface area (Å²) in [4.78, 5) is 13.1. The first kappa shape index (κ1) is 13.7. The maximum atomic E-state index is 10.9. The fourth-order valence-electron chi connectivity index (χ4n) is 1.60. The quantitative estimate of drug-likeness (QED) is 0.835. The molecule has 2 N–H and O–H groups in total. The SMILES string of the molecule is O=C(O)CC(NCc1sccc1Br)c1cccs1. The molecule has 3 nitrogen and oxygen atoms in total. The van der Waals surface area contributed by atoms with Crippen molar-refractivity contribution in [3.8, 4) is 0 Å². The average molecular weight is 346 g/mol. The van der Waals surface area contributed by atoms with E-state index in [1.807, 2.05) is 29.0 Å². The molecule has 0 aliphatic carbocycles. The largest absolute Gasteiger partial charge is 0.481 e. The van der Waals surface area contributed by atoms with E-state index in [4.69, 9.17) is 5.11 Å². The summed E-state index contributed by atoms with van der Waals surface area (Å²) in [6.07, 6.45) is 0.101. The lowest BCUT2D eigenvalue weighted by Gasteiger charge is -2.15. The minimum atomic E-state index is -0.786. The second kappa shape index (κ2) is 6.47. The maximum Gasteiger partial charge on any atom is 0.305 e. The lowest BCUT2D eigenvalue weighted by Crippen LogP contribution is -2.22. The van der Waals surface area contributed by atoms with Crippen molar-refractivity contribution in [2.24, 2.45) is 0 Å². The Morgan fingerprint density at radius 1 is 1.39 bits per heavy atom. The van der Waals surface area contributed by atoms with Gasteiger partial charge < -0.3 is 10.4 Å². The molecule has 18 heavy (non-hydrogen) atoms. The molecule has 0 saturated carbocycles. The first-order chi connectivity index (χ1) is 8.66. The molecular formula is C12H12BrNO2S2. The third kappa shape index (κ3) is 3.65. The van der Waals surface area contributed by atoms with Crippen molar-refractivity contribution in [1.82, 2.24) is 5.32 Å². The molecule has 0 aromatic carbocycles. The van der Waals surface area contributed by atoms with Gasteiger partial charge in [0.15, 0.2) is 0 Å². The molecule has 2 aromatic heterocycles. The number of rotatable bonds is 6. The summed E-state index contributed by atoms with van der Waals surface area (Å²) in [7, 11) is 0. The van der Waals surface area contributed by atoms with Crippen LogP contribution < -0.4 is 5.32 Å². The van der Waals surface area contributed by atoms with Crippen LogP contribution in [0.2, 0.25) is 0 Å². The number of carboxylic acids is 1. The summed E-state index contributed by atoms with van der Waals surface area (Å²) in [6, 6.07) is 5.78. The van der Waals surface area contributed by atoms with Crippen molar-refractivity contribution in [2.45, 2.75) is 19.0 Å². The zero-order valence-corrected chi connectivity index (χ0v) is 12.6. The summed E-state index contributed by atoms with van der Waals surface area (Å²) >= 11 is 6.71. The molecule has 2 rings (SSSR count). The van der Waals surface area contributed by atoms with Crippen LogP contribution >= 0.6 is 38.6 Å². The molecule has 0 aliphatic rings. The molecule has 0 aliphatic heterocycles. The molecule has 96 valence electrons. The molecular weight excluding hydrogens is 334 g/mol. The van der Waals surface area contributed by atoms with E-state index in [1.165, 1.54) is 4.88 Å². The van der Waals surface area contributed by atoms with E-state index < -0.39 is 5.97 Å². The van der Waals surface area contributed by atoms with Crippen LogP contribution in [0.25, 0.3) is 0 Å². The van der Waals surface area contributed by atoms with Crippen LogP contribution in [-0.2, 0) is 11.3 Å². The highest BCUT2D eigenvalue weighted by atomic mass is 79.9. The Morgan fingerprint density at radius 2 is 2.22 bits per heavy atom. The molecule has 2 aromatic rings.